The molecule has 0 amide bonds. The summed E-state index contributed by atoms with van der Waals surface area (Å²) >= 11 is 0. The molecule has 0 heterocycles. The van der Waals surface area contributed by atoms with Crippen LogP contribution in [0.25, 0.3) is 0 Å². The molecule has 0 aromatic rings. The molecule has 344 valence electrons. The number of esters is 1. The van der Waals surface area contributed by atoms with Gasteiger partial charge in [-0.1, -0.05) is 81.7 Å². The van der Waals surface area contributed by atoms with Crippen LogP contribution < -0.4 is 0 Å². The van der Waals surface area contributed by atoms with Crippen LogP contribution in [0.3, 0.4) is 0 Å². The minimum atomic E-state index is -0.248. The van der Waals surface area contributed by atoms with Crippen molar-refractivity contribution < 1.29 is 34.8 Å². The molecule has 8 rings (SSSR count). The van der Waals surface area contributed by atoms with E-state index in [0.29, 0.717) is 83.5 Å². The standard InChI is InChI=1S/C28H46O4.C24H40O3.CH4/c1-6-19-23-16-18(29)12-14-28(23,5)22-13-15-27(4)20(9-10-21(27)25(22)26(19)31)17(3)8-11-24(30)32-7-2;1-5-16-20-12-15(26)8-10-24(20,4)19-9-11-23(3)17(14(2)13-25)6-7-18(23)21(19)22(16)27;/h8,11,17-23,25-26,29,31H,6-7,9-10,12-16H2,1-5H3;13-22,26-27H,5-12H2,1-4H3;1H4/b11-8+;;/t17-,18-,19-,20-,21?,22?,23+,25?,26-,27-,28-;14-,15-,16-,17-,18?,19?,20+,21?,22-,23-,24-;/m11./s1. The number of hydrogen-bond donors (Lipinski definition) is 4. The van der Waals surface area contributed by atoms with E-state index in [0.717, 1.165) is 64.1 Å². The van der Waals surface area contributed by atoms with Crippen LogP contribution in [-0.4, -0.2) is 63.7 Å². The van der Waals surface area contributed by atoms with Crippen molar-refractivity contribution in [2.75, 3.05) is 6.61 Å². The van der Waals surface area contributed by atoms with Crippen molar-refractivity contribution in [2.45, 2.75) is 197 Å². The fourth-order valence-electron chi connectivity index (χ4n) is 18.4. The lowest BCUT2D eigenvalue weighted by molar-refractivity contribution is -0.203. The number of carbonyl (C=O) groups excluding carboxylic acids is 2. The predicted molar refractivity (Wildman–Crippen MR) is 240 cm³/mol. The zero-order valence-corrected chi connectivity index (χ0v) is 38.7. The van der Waals surface area contributed by atoms with E-state index in [1.54, 1.807) is 6.08 Å². The summed E-state index contributed by atoms with van der Waals surface area (Å²) < 4.78 is 5.09. The van der Waals surface area contributed by atoms with Crippen LogP contribution in [0.4, 0.5) is 0 Å². The van der Waals surface area contributed by atoms with Crippen LogP contribution >= 0.6 is 0 Å². The molecule has 6 unspecified atom stereocenters. The van der Waals surface area contributed by atoms with Crippen LogP contribution in [0.2, 0.25) is 0 Å². The van der Waals surface area contributed by atoms with Gasteiger partial charge in [-0.05, 0) is 195 Å². The lowest BCUT2D eigenvalue weighted by Gasteiger charge is -2.64. The third kappa shape index (κ3) is 7.75. The van der Waals surface area contributed by atoms with Crippen molar-refractivity contribution in [1.82, 2.24) is 0 Å². The van der Waals surface area contributed by atoms with Gasteiger partial charge in [0.05, 0.1) is 31.0 Å². The molecule has 8 aliphatic rings. The molecule has 0 aromatic carbocycles. The second-order valence-corrected chi connectivity index (χ2v) is 23.2. The van der Waals surface area contributed by atoms with Gasteiger partial charge in [0, 0.05) is 12.0 Å². The van der Waals surface area contributed by atoms with E-state index in [9.17, 15) is 30.0 Å². The number of aliphatic hydroxyl groups is 4. The Balaban J connectivity index is 0.000000200. The third-order valence-electron chi connectivity index (χ3n) is 21.2. The van der Waals surface area contributed by atoms with Crippen LogP contribution in [0.15, 0.2) is 12.2 Å². The number of fused-ring (bicyclic) bond motifs is 10. The average molecular weight is 839 g/mol. The van der Waals surface area contributed by atoms with E-state index in [1.807, 2.05) is 6.92 Å². The quantitative estimate of drug-likeness (QED) is 0.109. The molecule has 8 aliphatic carbocycles. The first-order chi connectivity index (χ1) is 27.9. The molecular weight excluding hydrogens is 749 g/mol. The summed E-state index contributed by atoms with van der Waals surface area (Å²) in [6.07, 6.45) is 21.3. The summed E-state index contributed by atoms with van der Waals surface area (Å²) in [5.74, 6) is 5.79. The van der Waals surface area contributed by atoms with Gasteiger partial charge in [-0.25, -0.2) is 4.79 Å². The highest BCUT2D eigenvalue weighted by molar-refractivity contribution is 5.81. The first-order valence-electron chi connectivity index (χ1n) is 25.0. The van der Waals surface area contributed by atoms with Gasteiger partial charge in [-0.2, -0.15) is 0 Å². The average Bonchev–Trinajstić information content (AvgIpc) is 3.75. The SMILES string of the molecule is C.CCOC(=O)/C=C/[C@@H](C)[C@H]1CCC2C3C(CC[C@@]21C)[C@@]1(C)CC[C@@H](O)C[C@H]1[C@@H](CC)[C@H]3O.CC[C@H]1[C@@H](O)C2C3CC[C@H]([C@H](C)C=O)[C@@]3(C)CCC2[C@@]2(C)CC[C@@H](O)C[C@@H]12. The fourth-order valence-corrected chi connectivity index (χ4v) is 18.4. The monoisotopic (exact) mass is 839 g/mol. The molecule has 60 heavy (non-hydrogen) atoms. The van der Waals surface area contributed by atoms with Crippen LogP contribution in [0, 0.1) is 105 Å². The molecular formula is C53H90O7. The Labute approximate surface area is 366 Å². The number of ether oxygens (including phenoxy) is 1. The van der Waals surface area contributed by atoms with E-state index in [1.165, 1.54) is 44.9 Å². The molecule has 0 aromatic heterocycles. The lowest BCUT2D eigenvalue weighted by atomic mass is 9.41. The van der Waals surface area contributed by atoms with Gasteiger partial charge in [0.1, 0.15) is 6.29 Å². The molecule has 7 heteroatoms. The largest absolute Gasteiger partial charge is 0.463 e. The van der Waals surface area contributed by atoms with E-state index >= 15 is 0 Å². The second-order valence-electron chi connectivity index (χ2n) is 23.2. The lowest BCUT2D eigenvalue weighted by Crippen LogP contribution is -2.62. The van der Waals surface area contributed by atoms with Gasteiger partial charge < -0.3 is 30.0 Å². The van der Waals surface area contributed by atoms with Crippen molar-refractivity contribution in [3.05, 3.63) is 12.2 Å². The molecule has 0 spiro atoms. The number of allylic oxidation sites excluding steroid dienone is 1. The number of carbonyl (C=O) groups is 2. The topological polar surface area (TPSA) is 124 Å². The van der Waals surface area contributed by atoms with E-state index in [4.69, 9.17) is 4.74 Å². The predicted octanol–water partition coefficient (Wildman–Crippen LogP) is 10.5. The normalized spacial score (nSPS) is 51.4. The molecule has 4 N–H and O–H groups in total. The van der Waals surface area contributed by atoms with Crippen molar-refractivity contribution >= 4 is 12.3 Å². The van der Waals surface area contributed by atoms with Crippen LogP contribution in [0.1, 0.15) is 172 Å². The second kappa shape index (κ2) is 18.3. The molecule has 0 bridgehead atoms. The molecule has 7 nitrogen and oxygen atoms in total. The molecule has 8 fully saturated rings. The summed E-state index contributed by atoms with van der Waals surface area (Å²) in [6.45, 7) is 21.0. The summed E-state index contributed by atoms with van der Waals surface area (Å²) in [5.41, 5.74) is 0.937. The van der Waals surface area contributed by atoms with Crippen molar-refractivity contribution in [3.63, 3.8) is 0 Å². The number of aliphatic hydroxyl groups excluding tert-OH is 4. The number of aldehydes is 1. The maximum Gasteiger partial charge on any atom is 0.330 e. The van der Waals surface area contributed by atoms with E-state index in [-0.39, 0.29) is 65.4 Å². The van der Waals surface area contributed by atoms with Crippen molar-refractivity contribution in [3.8, 4) is 0 Å². The summed E-state index contributed by atoms with van der Waals surface area (Å²) in [5, 5.41) is 44.2. The highest BCUT2D eigenvalue weighted by atomic mass is 16.5. The van der Waals surface area contributed by atoms with E-state index < -0.39 is 0 Å². The van der Waals surface area contributed by atoms with Crippen LogP contribution in [0.5, 0.6) is 0 Å². The zero-order valence-electron chi connectivity index (χ0n) is 38.7. The minimum absolute atomic E-state index is 0. The maximum absolute atomic E-state index is 11.9. The Bertz CT molecular complexity index is 1510. The van der Waals surface area contributed by atoms with Gasteiger partial charge in [0.15, 0.2) is 0 Å². The summed E-state index contributed by atoms with van der Waals surface area (Å²) in [7, 11) is 0. The molecule has 0 aliphatic heterocycles. The first kappa shape index (κ1) is 48.2. The third-order valence-corrected chi connectivity index (χ3v) is 21.2. The van der Waals surface area contributed by atoms with Gasteiger partial charge in [0.2, 0.25) is 0 Å². The Kier molecular flexibility index (Phi) is 14.7. The molecule has 0 radical (unpaired) electrons. The zero-order chi connectivity index (χ0) is 42.8. The highest BCUT2D eigenvalue weighted by Crippen LogP contribution is 2.71. The van der Waals surface area contributed by atoms with Crippen LogP contribution in [-0.2, 0) is 14.3 Å². The Morgan fingerprint density at radius 3 is 1.40 bits per heavy atom. The molecule has 8 saturated carbocycles. The minimum Gasteiger partial charge on any atom is -0.463 e. The van der Waals surface area contributed by atoms with Gasteiger partial charge in [-0.3, -0.25) is 0 Å². The smallest absolute Gasteiger partial charge is 0.330 e. The van der Waals surface area contributed by atoms with Crippen molar-refractivity contribution in [2.24, 2.45) is 105 Å². The van der Waals surface area contributed by atoms with Gasteiger partial charge in [0.25, 0.3) is 0 Å². The summed E-state index contributed by atoms with van der Waals surface area (Å²) in [4.78, 5) is 23.4. The maximum atomic E-state index is 11.9. The first-order valence-corrected chi connectivity index (χ1v) is 25.0. The Morgan fingerprint density at radius 1 is 0.600 bits per heavy atom. The number of rotatable bonds is 8. The highest BCUT2D eigenvalue weighted by Gasteiger charge is 2.66. The molecule has 0 saturated heterocycles. The van der Waals surface area contributed by atoms with Gasteiger partial charge >= 0.3 is 5.97 Å². The fraction of sp³-hybridized carbons (Fsp3) is 0.925. The Hall–Kier alpha value is -1.28. The molecule has 22 atom stereocenters. The summed E-state index contributed by atoms with van der Waals surface area (Å²) in [6, 6.07) is 0. The van der Waals surface area contributed by atoms with E-state index in [2.05, 4.69) is 61.5 Å². The van der Waals surface area contributed by atoms with Gasteiger partial charge in [-0.15, -0.1) is 0 Å². The Morgan fingerprint density at radius 2 is 1.00 bits per heavy atom. The van der Waals surface area contributed by atoms with Crippen molar-refractivity contribution in [1.29, 1.82) is 0 Å². The number of hydrogen-bond acceptors (Lipinski definition) is 7.